The molecular formula is C24H27NO6. The minimum atomic E-state index is -1.65. The van der Waals surface area contributed by atoms with E-state index in [-0.39, 0.29) is 13.2 Å². The Morgan fingerprint density at radius 2 is 1.55 bits per heavy atom. The van der Waals surface area contributed by atoms with Gasteiger partial charge in [-0.25, -0.2) is 5.06 Å². The number of carbonyl (C=O) groups excluding carboxylic acids is 2. The molecule has 164 valence electrons. The molecular weight excluding hydrogens is 398 g/mol. The van der Waals surface area contributed by atoms with Crippen LogP contribution in [0.15, 0.2) is 54.6 Å². The molecule has 1 saturated heterocycles. The van der Waals surface area contributed by atoms with Crippen molar-refractivity contribution in [1.82, 2.24) is 0 Å². The second-order valence-electron chi connectivity index (χ2n) is 7.67. The van der Waals surface area contributed by atoms with Gasteiger partial charge in [0.15, 0.2) is 0 Å². The van der Waals surface area contributed by atoms with Crippen LogP contribution in [0, 0.1) is 5.41 Å². The molecule has 7 nitrogen and oxygen atoms in total. The van der Waals surface area contributed by atoms with E-state index in [1.165, 1.54) is 0 Å². The van der Waals surface area contributed by atoms with Gasteiger partial charge in [0.05, 0.1) is 26.0 Å². The van der Waals surface area contributed by atoms with Gasteiger partial charge in [0, 0.05) is 0 Å². The molecule has 0 amide bonds. The van der Waals surface area contributed by atoms with Gasteiger partial charge in [-0.1, -0.05) is 30.3 Å². The number of methoxy groups -OCH3 is 1. The highest BCUT2D eigenvalue weighted by molar-refractivity contribution is 6.04. The second-order valence-corrected chi connectivity index (χ2v) is 7.67. The summed E-state index contributed by atoms with van der Waals surface area (Å²) in [6, 6.07) is 16.0. The summed E-state index contributed by atoms with van der Waals surface area (Å²) in [4.78, 5) is 33.6. The number of para-hydroxylation sites is 1. The average molecular weight is 425 g/mol. The molecule has 1 aliphatic heterocycles. The number of esters is 2. The molecule has 4 rings (SSSR count). The third-order valence-electron chi connectivity index (χ3n) is 5.98. The lowest BCUT2D eigenvalue weighted by Gasteiger charge is -2.34. The highest BCUT2D eigenvalue weighted by atomic mass is 16.7. The Kier molecular flexibility index (Phi) is 5.62. The SMILES string of the molecule is CCOC(=O)C1(C(=O)OCC)C(c2ccc(OC)cc2)N(c2ccccc2)OC12CC2. The molecule has 0 bridgehead atoms. The van der Waals surface area contributed by atoms with Crippen molar-refractivity contribution in [1.29, 1.82) is 0 Å². The number of anilines is 1. The summed E-state index contributed by atoms with van der Waals surface area (Å²) in [6.45, 7) is 3.75. The van der Waals surface area contributed by atoms with Crippen LogP contribution in [-0.4, -0.2) is 37.9 Å². The van der Waals surface area contributed by atoms with Gasteiger partial charge in [-0.05, 0) is 56.5 Å². The van der Waals surface area contributed by atoms with Crippen molar-refractivity contribution in [3.63, 3.8) is 0 Å². The first kappa shape index (κ1) is 21.2. The fourth-order valence-corrected chi connectivity index (χ4v) is 4.45. The number of carbonyl (C=O) groups is 2. The first-order chi connectivity index (χ1) is 15.0. The molecule has 0 aromatic heterocycles. The molecule has 1 atom stereocenters. The molecule has 7 heteroatoms. The van der Waals surface area contributed by atoms with Gasteiger partial charge < -0.3 is 14.2 Å². The molecule has 2 fully saturated rings. The largest absolute Gasteiger partial charge is 0.497 e. The summed E-state index contributed by atoms with van der Waals surface area (Å²) < 4.78 is 16.3. The minimum Gasteiger partial charge on any atom is -0.497 e. The molecule has 1 saturated carbocycles. The number of hydrogen-bond acceptors (Lipinski definition) is 7. The number of benzene rings is 2. The molecule has 1 spiro atoms. The Bertz CT molecular complexity index is 920. The summed E-state index contributed by atoms with van der Waals surface area (Å²) in [7, 11) is 1.59. The molecule has 2 aromatic rings. The first-order valence-corrected chi connectivity index (χ1v) is 10.6. The van der Waals surface area contributed by atoms with Crippen LogP contribution in [0.4, 0.5) is 5.69 Å². The van der Waals surface area contributed by atoms with Gasteiger partial charge in [0.2, 0.25) is 5.41 Å². The summed E-state index contributed by atoms with van der Waals surface area (Å²) in [5.74, 6) is -0.566. The maximum atomic E-state index is 13.6. The summed E-state index contributed by atoms with van der Waals surface area (Å²) in [6.07, 6.45) is 1.11. The van der Waals surface area contributed by atoms with Crippen LogP contribution in [0.5, 0.6) is 5.75 Å². The Labute approximate surface area is 181 Å². The molecule has 2 aliphatic rings. The predicted octanol–water partition coefficient (Wildman–Crippen LogP) is 3.83. The van der Waals surface area contributed by atoms with Crippen molar-refractivity contribution in [2.24, 2.45) is 5.41 Å². The number of hydrogen-bond donors (Lipinski definition) is 0. The molecule has 0 N–H and O–H groups in total. The van der Waals surface area contributed by atoms with Gasteiger partial charge in [0.1, 0.15) is 17.4 Å². The number of hydroxylamine groups is 1. The van der Waals surface area contributed by atoms with E-state index < -0.39 is 29.0 Å². The predicted molar refractivity (Wildman–Crippen MR) is 113 cm³/mol. The summed E-state index contributed by atoms with van der Waals surface area (Å²) in [5, 5.41) is 1.67. The van der Waals surface area contributed by atoms with Crippen molar-refractivity contribution < 1.29 is 28.6 Å². The van der Waals surface area contributed by atoms with E-state index in [1.807, 2.05) is 42.5 Å². The monoisotopic (exact) mass is 425 g/mol. The van der Waals surface area contributed by atoms with Crippen LogP contribution in [0.1, 0.15) is 38.3 Å². The van der Waals surface area contributed by atoms with E-state index in [9.17, 15) is 9.59 Å². The number of nitrogens with zero attached hydrogens (tertiary/aromatic N) is 1. The van der Waals surface area contributed by atoms with E-state index in [2.05, 4.69) is 0 Å². The zero-order valence-corrected chi connectivity index (χ0v) is 18.0. The Morgan fingerprint density at radius 3 is 2.03 bits per heavy atom. The normalized spacial score (nSPS) is 20.4. The topological polar surface area (TPSA) is 74.3 Å². The van der Waals surface area contributed by atoms with Crippen LogP contribution in [0.2, 0.25) is 0 Å². The van der Waals surface area contributed by atoms with Crippen LogP contribution in [0.3, 0.4) is 0 Å². The smallest absolute Gasteiger partial charge is 0.329 e. The zero-order chi connectivity index (χ0) is 22.1. The number of ether oxygens (including phenoxy) is 3. The highest BCUT2D eigenvalue weighted by Crippen LogP contribution is 2.67. The van der Waals surface area contributed by atoms with Gasteiger partial charge in [-0.15, -0.1) is 0 Å². The van der Waals surface area contributed by atoms with Crippen molar-refractivity contribution in [3.8, 4) is 5.75 Å². The molecule has 31 heavy (non-hydrogen) atoms. The van der Waals surface area contributed by atoms with Crippen molar-refractivity contribution in [3.05, 3.63) is 60.2 Å². The van der Waals surface area contributed by atoms with E-state index in [4.69, 9.17) is 19.0 Å². The molecule has 2 aromatic carbocycles. The molecule has 1 heterocycles. The van der Waals surface area contributed by atoms with E-state index >= 15 is 0 Å². The zero-order valence-electron chi connectivity index (χ0n) is 18.0. The van der Waals surface area contributed by atoms with Crippen LogP contribution < -0.4 is 9.80 Å². The third-order valence-corrected chi connectivity index (χ3v) is 5.98. The fourth-order valence-electron chi connectivity index (χ4n) is 4.45. The number of rotatable bonds is 7. The maximum Gasteiger partial charge on any atom is 0.329 e. The summed E-state index contributed by atoms with van der Waals surface area (Å²) in [5.41, 5.74) is -1.19. The lowest BCUT2D eigenvalue weighted by atomic mass is 9.71. The van der Waals surface area contributed by atoms with E-state index in [0.717, 1.165) is 11.3 Å². The van der Waals surface area contributed by atoms with E-state index in [1.54, 1.807) is 38.2 Å². The first-order valence-electron chi connectivity index (χ1n) is 10.6. The third kappa shape index (κ3) is 3.24. The maximum absolute atomic E-state index is 13.6. The van der Waals surface area contributed by atoms with Crippen LogP contribution in [-0.2, 0) is 23.9 Å². The highest BCUT2D eigenvalue weighted by Gasteiger charge is 2.80. The van der Waals surface area contributed by atoms with Gasteiger partial charge >= 0.3 is 11.9 Å². The second kappa shape index (κ2) is 8.23. The van der Waals surface area contributed by atoms with Gasteiger partial charge in [-0.2, -0.15) is 0 Å². The average Bonchev–Trinajstić information content (AvgIpc) is 3.50. The minimum absolute atomic E-state index is 0.150. The Morgan fingerprint density at radius 1 is 0.968 bits per heavy atom. The van der Waals surface area contributed by atoms with Crippen molar-refractivity contribution in [2.75, 3.05) is 25.4 Å². The van der Waals surface area contributed by atoms with Crippen molar-refractivity contribution >= 4 is 17.6 Å². The molecule has 1 unspecified atom stereocenters. The van der Waals surface area contributed by atoms with Gasteiger partial charge in [0.25, 0.3) is 0 Å². The molecule has 0 radical (unpaired) electrons. The lowest BCUT2D eigenvalue weighted by Crippen LogP contribution is -2.53. The van der Waals surface area contributed by atoms with Crippen LogP contribution >= 0.6 is 0 Å². The van der Waals surface area contributed by atoms with Crippen molar-refractivity contribution in [2.45, 2.75) is 38.3 Å². The van der Waals surface area contributed by atoms with Gasteiger partial charge in [-0.3, -0.25) is 14.4 Å². The molecule has 1 aliphatic carbocycles. The van der Waals surface area contributed by atoms with E-state index in [0.29, 0.717) is 18.6 Å². The Hall–Kier alpha value is -3.06. The Balaban J connectivity index is 1.94. The van der Waals surface area contributed by atoms with Crippen LogP contribution in [0.25, 0.3) is 0 Å². The quantitative estimate of drug-likeness (QED) is 0.493. The summed E-state index contributed by atoms with van der Waals surface area (Å²) >= 11 is 0. The lowest BCUT2D eigenvalue weighted by molar-refractivity contribution is -0.179. The standard InChI is InChI=1S/C24H27NO6/c1-4-29-21(26)24(22(27)30-5-2)20(17-11-13-19(28-3)14-12-17)25(31-23(24)15-16-23)18-9-7-6-8-10-18/h6-14,20H,4-5,15-16H2,1-3H3. The fraction of sp³-hybridized carbons (Fsp3) is 0.417.